The molecule has 0 bridgehead atoms. The first kappa shape index (κ1) is 18.7. The summed E-state index contributed by atoms with van der Waals surface area (Å²) in [4.78, 5) is 12.3. The molecule has 0 unspecified atom stereocenters. The van der Waals surface area contributed by atoms with Gasteiger partial charge < -0.3 is 19.4 Å². The quantitative estimate of drug-likeness (QED) is 0.344. The summed E-state index contributed by atoms with van der Waals surface area (Å²) in [5, 5.41) is 18.1. The molecule has 0 saturated heterocycles. The summed E-state index contributed by atoms with van der Waals surface area (Å²) < 4.78 is 34.7. The average Bonchev–Trinajstić information content (AvgIpc) is 2.61. The summed E-state index contributed by atoms with van der Waals surface area (Å²) >= 11 is 0. The standard InChI is InChI=1S/C16H14B2F2O5/c1-24-14-8-4-11(5-9-14)15(21)10-16(25-18(19)20)12-2-6-13(7-3-12)17(22)23/h2-10,22-23H,1H3/b16-10-. The lowest BCUT2D eigenvalue weighted by Gasteiger charge is -2.10. The highest BCUT2D eigenvalue weighted by molar-refractivity contribution is 6.58. The van der Waals surface area contributed by atoms with Gasteiger partial charge in [0.2, 0.25) is 0 Å². The molecule has 0 aliphatic heterocycles. The van der Waals surface area contributed by atoms with Crippen molar-refractivity contribution in [2.45, 2.75) is 0 Å². The molecule has 25 heavy (non-hydrogen) atoms. The number of halogens is 2. The number of benzene rings is 2. The molecule has 2 N–H and O–H groups in total. The van der Waals surface area contributed by atoms with Crippen LogP contribution in [0.25, 0.3) is 5.76 Å². The van der Waals surface area contributed by atoms with Crippen LogP contribution in [0.3, 0.4) is 0 Å². The van der Waals surface area contributed by atoms with Crippen LogP contribution >= 0.6 is 0 Å². The molecule has 0 aliphatic carbocycles. The van der Waals surface area contributed by atoms with E-state index in [1.165, 1.54) is 43.5 Å². The van der Waals surface area contributed by atoms with Crippen LogP contribution in [0, 0.1) is 0 Å². The van der Waals surface area contributed by atoms with Crippen molar-refractivity contribution in [3.8, 4) is 5.75 Å². The Morgan fingerprint density at radius 1 is 1.00 bits per heavy atom. The summed E-state index contributed by atoms with van der Waals surface area (Å²) in [6.07, 6.45) is 0.957. The maximum absolute atomic E-state index is 12.7. The number of hydrogen-bond donors (Lipinski definition) is 2. The molecule has 5 nitrogen and oxygen atoms in total. The molecule has 0 fully saturated rings. The number of methoxy groups -OCH3 is 1. The average molecular weight is 346 g/mol. The minimum atomic E-state index is -3.11. The van der Waals surface area contributed by atoms with Gasteiger partial charge in [-0.05, 0) is 29.7 Å². The zero-order chi connectivity index (χ0) is 18.4. The molecule has 0 atom stereocenters. The van der Waals surface area contributed by atoms with E-state index in [1.807, 2.05) is 0 Å². The van der Waals surface area contributed by atoms with Crippen molar-refractivity contribution in [2.24, 2.45) is 0 Å². The van der Waals surface area contributed by atoms with Crippen molar-refractivity contribution in [2.75, 3.05) is 7.11 Å². The van der Waals surface area contributed by atoms with Crippen LogP contribution in [0.15, 0.2) is 54.6 Å². The van der Waals surface area contributed by atoms with Crippen LogP contribution in [-0.2, 0) is 4.65 Å². The van der Waals surface area contributed by atoms with E-state index in [1.54, 1.807) is 12.1 Å². The second kappa shape index (κ2) is 8.46. The number of carbonyl (C=O) groups excluding carboxylic acids is 1. The van der Waals surface area contributed by atoms with Gasteiger partial charge in [0.1, 0.15) is 11.5 Å². The third kappa shape index (κ3) is 5.17. The third-order valence-corrected chi connectivity index (χ3v) is 3.35. The fraction of sp³-hybridized carbons (Fsp3) is 0.0625. The molecule has 0 saturated carbocycles. The van der Waals surface area contributed by atoms with Crippen LogP contribution in [0.4, 0.5) is 8.63 Å². The molecule has 0 heterocycles. The van der Waals surface area contributed by atoms with Gasteiger partial charge in [-0.3, -0.25) is 4.79 Å². The van der Waals surface area contributed by atoms with Crippen molar-refractivity contribution >= 4 is 31.6 Å². The summed E-state index contributed by atoms with van der Waals surface area (Å²) in [6.45, 7) is 0. The smallest absolute Gasteiger partial charge is 0.505 e. The van der Waals surface area contributed by atoms with Crippen molar-refractivity contribution < 1.29 is 32.9 Å². The van der Waals surface area contributed by atoms with E-state index in [4.69, 9.17) is 14.8 Å². The molecule has 0 radical (unpaired) electrons. The first-order valence-corrected chi connectivity index (χ1v) is 7.22. The van der Waals surface area contributed by atoms with Gasteiger partial charge in [-0.1, -0.05) is 24.3 Å². The van der Waals surface area contributed by atoms with Gasteiger partial charge in [0.25, 0.3) is 0 Å². The summed E-state index contributed by atoms with van der Waals surface area (Å²) in [5.74, 6) is -0.290. The molecular weight excluding hydrogens is 332 g/mol. The van der Waals surface area contributed by atoms with Gasteiger partial charge in [-0.2, -0.15) is 0 Å². The molecule has 2 aromatic rings. The molecule has 2 aromatic carbocycles. The normalized spacial score (nSPS) is 11.0. The van der Waals surface area contributed by atoms with E-state index in [9.17, 15) is 13.4 Å². The van der Waals surface area contributed by atoms with Gasteiger partial charge in [-0.25, -0.2) is 8.63 Å². The van der Waals surface area contributed by atoms with E-state index in [2.05, 4.69) is 4.65 Å². The Kier molecular flexibility index (Phi) is 6.32. The second-order valence-corrected chi connectivity index (χ2v) is 4.98. The Morgan fingerprint density at radius 2 is 1.56 bits per heavy atom. The molecular formula is C16H14B2F2O5. The Balaban J connectivity index is 2.31. The number of carbonyl (C=O) groups is 1. The maximum atomic E-state index is 12.7. The fourth-order valence-corrected chi connectivity index (χ4v) is 2.06. The van der Waals surface area contributed by atoms with Gasteiger partial charge in [0.15, 0.2) is 5.78 Å². The van der Waals surface area contributed by atoms with Crippen LogP contribution < -0.4 is 10.2 Å². The van der Waals surface area contributed by atoms with E-state index in [0.717, 1.165) is 6.08 Å². The predicted octanol–water partition coefficient (Wildman–Crippen LogP) is 1.54. The Labute approximate surface area is 143 Å². The van der Waals surface area contributed by atoms with Gasteiger partial charge in [0.05, 0.1) is 7.11 Å². The third-order valence-electron chi connectivity index (χ3n) is 3.35. The summed E-state index contributed by atoms with van der Waals surface area (Å²) in [7, 11) is -3.31. The lowest BCUT2D eigenvalue weighted by molar-refractivity contribution is 0.104. The topological polar surface area (TPSA) is 76.0 Å². The lowest BCUT2D eigenvalue weighted by atomic mass is 9.80. The number of ketones is 1. The van der Waals surface area contributed by atoms with Gasteiger partial charge in [-0.15, -0.1) is 0 Å². The maximum Gasteiger partial charge on any atom is 0.796 e. The first-order valence-electron chi connectivity index (χ1n) is 7.22. The fourth-order valence-electron chi connectivity index (χ4n) is 2.06. The molecule has 0 aliphatic rings. The molecule has 0 aromatic heterocycles. The highest BCUT2D eigenvalue weighted by Crippen LogP contribution is 2.19. The zero-order valence-corrected chi connectivity index (χ0v) is 13.2. The second-order valence-electron chi connectivity index (χ2n) is 4.98. The van der Waals surface area contributed by atoms with Crippen molar-refractivity contribution in [3.63, 3.8) is 0 Å². The van der Waals surface area contributed by atoms with Crippen LogP contribution in [-0.4, -0.2) is 37.5 Å². The lowest BCUT2D eigenvalue weighted by Crippen LogP contribution is -2.29. The molecule has 0 spiro atoms. The predicted molar refractivity (Wildman–Crippen MR) is 90.6 cm³/mol. The zero-order valence-electron chi connectivity index (χ0n) is 13.2. The van der Waals surface area contributed by atoms with E-state index in [0.29, 0.717) is 5.75 Å². The Morgan fingerprint density at radius 3 is 2.04 bits per heavy atom. The van der Waals surface area contributed by atoms with Gasteiger partial charge >= 0.3 is 14.6 Å². The van der Waals surface area contributed by atoms with Crippen molar-refractivity contribution in [3.05, 3.63) is 65.7 Å². The minimum Gasteiger partial charge on any atom is -0.505 e. The van der Waals surface area contributed by atoms with Crippen LogP contribution in [0.2, 0.25) is 0 Å². The Hall–Kier alpha value is -2.64. The highest BCUT2D eigenvalue weighted by atomic mass is 19.2. The number of rotatable bonds is 7. The number of allylic oxidation sites excluding steroid dienone is 1. The van der Waals surface area contributed by atoms with Crippen LogP contribution in [0.5, 0.6) is 5.75 Å². The van der Waals surface area contributed by atoms with E-state index >= 15 is 0 Å². The first-order chi connectivity index (χ1) is 11.9. The highest BCUT2D eigenvalue weighted by Gasteiger charge is 2.22. The van der Waals surface area contributed by atoms with E-state index < -0.39 is 20.4 Å². The van der Waals surface area contributed by atoms with Crippen molar-refractivity contribution in [1.29, 1.82) is 0 Å². The summed E-state index contributed by atoms with van der Waals surface area (Å²) in [5.41, 5.74) is 0.659. The number of ether oxygens (including phenoxy) is 1. The van der Waals surface area contributed by atoms with E-state index in [-0.39, 0.29) is 22.3 Å². The van der Waals surface area contributed by atoms with Crippen molar-refractivity contribution in [1.82, 2.24) is 0 Å². The number of hydrogen-bond acceptors (Lipinski definition) is 5. The molecule has 2 rings (SSSR count). The van der Waals surface area contributed by atoms with Crippen LogP contribution in [0.1, 0.15) is 15.9 Å². The molecule has 128 valence electrons. The SMILES string of the molecule is COc1ccc(C(=O)/C=C(\OB(F)F)c2ccc(B(O)O)cc2)cc1. The molecule has 9 heteroatoms. The monoisotopic (exact) mass is 346 g/mol. The minimum absolute atomic E-state index is 0.182. The molecule has 0 amide bonds. The largest absolute Gasteiger partial charge is 0.796 e. The van der Waals surface area contributed by atoms with Gasteiger partial charge in [0, 0.05) is 17.2 Å². The summed E-state index contributed by atoms with van der Waals surface area (Å²) in [6, 6.07) is 11.5. The Bertz CT molecular complexity index is 746.